The first kappa shape index (κ1) is 43.3. The maximum Gasteiger partial charge on any atom is 0.331 e. The van der Waals surface area contributed by atoms with Crippen LogP contribution in [-0.2, 0) is 60.4 Å². The Balaban J connectivity index is 1.07. The van der Waals surface area contributed by atoms with Gasteiger partial charge in [0.2, 0.25) is 11.8 Å². The van der Waals surface area contributed by atoms with Crippen LogP contribution in [0.2, 0.25) is 10.0 Å². The Morgan fingerprint density at radius 3 is 1.19 bits per heavy atom. The lowest BCUT2D eigenvalue weighted by molar-refractivity contribution is -0.284. The Labute approximate surface area is 345 Å². The third-order valence-electron chi connectivity index (χ3n) is 12.1. The molecule has 0 aromatic heterocycles. The molecule has 2 saturated heterocycles. The number of nitrogens with one attached hydrogen (secondary N) is 2. The van der Waals surface area contributed by atoms with Crippen LogP contribution in [0.5, 0.6) is 0 Å². The molecule has 14 heteroatoms. The van der Waals surface area contributed by atoms with Crippen LogP contribution in [0.1, 0.15) is 104 Å². The van der Waals surface area contributed by atoms with Gasteiger partial charge in [0, 0.05) is 42.1 Å². The summed E-state index contributed by atoms with van der Waals surface area (Å²) in [6, 6.07) is 7.28. The number of carbonyl (C=O) groups excluding carboxylic acids is 4. The lowest BCUT2D eigenvalue weighted by Crippen LogP contribution is -2.61. The highest BCUT2D eigenvalue weighted by Crippen LogP contribution is 2.42. The molecule has 6 rings (SSSR count). The van der Waals surface area contributed by atoms with Crippen LogP contribution in [0.15, 0.2) is 24.3 Å². The Kier molecular flexibility index (Phi) is 13.9. The second-order valence-corrected chi connectivity index (χ2v) is 17.1. The van der Waals surface area contributed by atoms with Gasteiger partial charge in [-0.05, 0) is 124 Å². The fourth-order valence-corrected chi connectivity index (χ4v) is 9.39. The number of hydrogen-bond acceptors (Lipinski definition) is 10. The Morgan fingerprint density at radius 1 is 0.561 bits per heavy atom. The molecule has 0 radical (unpaired) electrons. The zero-order valence-electron chi connectivity index (χ0n) is 33.6. The summed E-state index contributed by atoms with van der Waals surface area (Å²) in [5, 5.41) is 7.27. The molecule has 2 aliphatic heterocycles. The van der Waals surface area contributed by atoms with Crippen molar-refractivity contribution in [2.75, 3.05) is 39.6 Å². The maximum atomic E-state index is 13.9. The number of carbonyl (C=O) groups is 4. The molecule has 2 aromatic carbocycles. The smallest absolute Gasteiger partial charge is 0.331 e. The number of esters is 2. The van der Waals surface area contributed by atoms with Crippen LogP contribution < -0.4 is 10.6 Å². The van der Waals surface area contributed by atoms with Crippen molar-refractivity contribution >= 4 is 47.0 Å². The zero-order valence-corrected chi connectivity index (χ0v) is 35.1. The van der Waals surface area contributed by atoms with Gasteiger partial charge in [-0.2, -0.15) is 0 Å². The Bertz CT molecular complexity index is 1620. The standard InChI is InChI=1S/C43H56Cl2N2O10/c1-28-22-32(44)23-29(2)34(28)26-36(48)46-40(8-12-42(13-9-40)54-18-6-19-55-42)38(50)52-16-5-17-53-39(51)41(10-14-43(15-11-41)56-20-7-21-57-43)47-37(49)27-35-30(3)24-33(45)25-31(35)4/h22-25H,5-21,26-27H2,1-4H3,(H,46,48)(H,47,49). The first-order valence-electron chi connectivity index (χ1n) is 20.2. The van der Waals surface area contributed by atoms with E-state index >= 15 is 0 Å². The third kappa shape index (κ3) is 10.3. The van der Waals surface area contributed by atoms with Crippen molar-refractivity contribution in [3.05, 3.63) is 67.7 Å². The molecule has 2 aromatic rings. The van der Waals surface area contributed by atoms with Crippen molar-refractivity contribution in [3.8, 4) is 0 Å². The molecule has 0 atom stereocenters. The summed E-state index contributed by atoms with van der Waals surface area (Å²) in [6.07, 6.45) is 4.74. The van der Waals surface area contributed by atoms with E-state index in [1.165, 1.54) is 0 Å². The Hall–Kier alpha value is -3.26. The fourth-order valence-electron chi connectivity index (χ4n) is 8.73. The van der Waals surface area contributed by atoms with E-state index in [1.807, 2.05) is 52.0 Å². The van der Waals surface area contributed by atoms with Gasteiger partial charge in [-0.25, -0.2) is 9.59 Å². The topological polar surface area (TPSA) is 148 Å². The molecule has 312 valence electrons. The van der Waals surface area contributed by atoms with Crippen molar-refractivity contribution in [1.82, 2.24) is 10.6 Å². The number of benzene rings is 2. The summed E-state index contributed by atoms with van der Waals surface area (Å²) in [5.41, 5.74) is 2.71. The van der Waals surface area contributed by atoms with Crippen LogP contribution in [0, 0.1) is 27.7 Å². The van der Waals surface area contributed by atoms with E-state index in [4.69, 9.17) is 51.6 Å². The normalized spacial score (nSPS) is 22.4. The number of ether oxygens (including phenoxy) is 6. The van der Waals surface area contributed by atoms with E-state index in [-0.39, 0.29) is 70.0 Å². The average molecular weight is 832 g/mol. The van der Waals surface area contributed by atoms with Gasteiger partial charge < -0.3 is 39.1 Å². The molecular weight excluding hydrogens is 775 g/mol. The van der Waals surface area contributed by atoms with Crippen LogP contribution in [0.25, 0.3) is 0 Å². The summed E-state index contributed by atoms with van der Waals surface area (Å²) in [6.45, 7) is 9.84. The summed E-state index contributed by atoms with van der Waals surface area (Å²) in [4.78, 5) is 55.0. The van der Waals surface area contributed by atoms with Crippen LogP contribution in [-0.4, -0.2) is 86.0 Å². The largest absolute Gasteiger partial charge is 0.464 e. The van der Waals surface area contributed by atoms with E-state index in [2.05, 4.69) is 10.6 Å². The first-order chi connectivity index (χ1) is 27.2. The second-order valence-electron chi connectivity index (χ2n) is 16.2. The maximum absolute atomic E-state index is 13.9. The molecule has 0 unspecified atom stereocenters. The number of aryl methyl sites for hydroxylation is 4. The third-order valence-corrected chi connectivity index (χ3v) is 12.5. The van der Waals surface area contributed by atoms with Crippen LogP contribution in [0.3, 0.4) is 0 Å². The zero-order chi connectivity index (χ0) is 40.8. The number of amides is 2. The van der Waals surface area contributed by atoms with Gasteiger partial charge in [-0.15, -0.1) is 0 Å². The molecule has 4 fully saturated rings. The molecule has 2 saturated carbocycles. The molecule has 57 heavy (non-hydrogen) atoms. The SMILES string of the molecule is Cc1cc(Cl)cc(C)c1CC(=O)NC1(C(=O)OCCCOC(=O)C2(NC(=O)Cc3c(C)cc(Cl)cc3C)CCC3(CC2)OCCCO3)CCC2(CC1)OCCCO2. The van der Waals surface area contributed by atoms with Crippen molar-refractivity contribution in [3.63, 3.8) is 0 Å². The summed E-state index contributed by atoms with van der Waals surface area (Å²) >= 11 is 12.5. The van der Waals surface area contributed by atoms with E-state index in [0.717, 1.165) is 46.2 Å². The first-order valence-corrected chi connectivity index (χ1v) is 21.0. The van der Waals surface area contributed by atoms with Crippen molar-refractivity contribution in [2.24, 2.45) is 0 Å². The van der Waals surface area contributed by atoms with Gasteiger partial charge in [0.1, 0.15) is 11.1 Å². The van der Waals surface area contributed by atoms with Gasteiger partial charge in [-0.3, -0.25) is 9.59 Å². The molecule has 2 spiro atoms. The molecule has 0 bridgehead atoms. The molecule has 2 N–H and O–H groups in total. The minimum Gasteiger partial charge on any atom is -0.464 e. The summed E-state index contributed by atoms with van der Waals surface area (Å²) in [5.74, 6) is -3.28. The predicted molar refractivity (Wildman–Crippen MR) is 213 cm³/mol. The second kappa shape index (κ2) is 18.3. The van der Waals surface area contributed by atoms with E-state index in [0.29, 0.717) is 62.2 Å². The lowest BCUT2D eigenvalue weighted by atomic mass is 9.78. The molecule has 4 aliphatic rings. The van der Waals surface area contributed by atoms with E-state index < -0.39 is 34.6 Å². The molecular formula is C43H56Cl2N2O10. The van der Waals surface area contributed by atoms with Gasteiger partial charge in [0.05, 0.1) is 52.5 Å². The van der Waals surface area contributed by atoms with Crippen molar-refractivity contribution in [1.29, 1.82) is 0 Å². The van der Waals surface area contributed by atoms with Gasteiger partial charge in [0.15, 0.2) is 11.6 Å². The number of hydrogen-bond donors (Lipinski definition) is 2. The highest BCUT2D eigenvalue weighted by Gasteiger charge is 2.52. The van der Waals surface area contributed by atoms with E-state index in [9.17, 15) is 19.2 Å². The van der Waals surface area contributed by atoms with E-state index in [1.54, 1.807) is 0 Å². The number of rotatable bonds is 12. The van der Waals surface area contributed by atoms with Gasteiger partial charge in [0.25, 0.3) is 0 Å². The molecule has 2 heterocycles. The molecule has 12 nitrogen and oxygen atoms in total. The monoisotopic (exact) mass is 830 g/mol. The fraction of sp³-hybridized carbons (Fsp3) is 0.628. The minimum absolute atomic E-state index is 0.0451. The average Bonchev–Trinajstić information content (AvgIpc) is 3.17. The lowest BCUT2D eigenvalue weighted by Gasteiger charge is -2.46. The quantitative estimate of drug-likeness (QED) is 0.177. The molecule has 2 aliphatic carbocycles. The highest BCUT2D eigenvalue weighted by molar-refractivity contribution is 6.31. The van der Waals surface area contributed by atoms with Crippen molar-refractivity contribution < 1.29 is 47.6 Å². The van der Waals surface area contributed by atoms with Gasteiger partial charge >= 0.3 is 11.9 Å². The number of halogens is 2. The van der Waals surface area contributed by atoms with Crippen LogP contribution >= 0.6 is 23.2 Å². The molecule has 2 amide bonds. The Morgan fingerprint density at radius 2 is 0.877 bits per heavy atom. The predicted octanol–water partition coefficient (Wildman–Crippen LogP) is 6.61. The van der Waals surface area contributed by atoms with Crippen molar-refractivity contribution in [2.45, 2.75) is 134 Å². The van der Waals surface area contributed by atoms with Crippen LogP contribution in [0.4, 0.5) is 0 Å². The highest BCUT2D eigenvalue weighted by atomic mass is 35.5. The summed E-state index contributed by atoms with van der Waals surface area (Å²) < 4.78 is 35.7. The minimum atomic E-state index is -1.28. The summed E-state index contributed by atoms with van der Waals surface area (Å²) in [7, 11) is 0. The van der Waals surface area contributed by atoms with Gasteiger partial charge in [-0.1, -0.05) is 23.2 Å².